The second-order valence-corrected chi connectivity index (χ2v) is 7.93. The van der Waals surface area contributed by atoms with E-state index in [-0.39, 0.29) is 6.04 Å². The van der Waals surface area contributed by atoms with Crippen molar-refractivity contribution in [1.29, 1.82) is 0 Å². The van der Waals surface area contributed by atoms with Crippen LogP contribution < -0.4 is 0 Å². The zero-order valence-corrected chi connectivity index (χ0v) is 17.6. The lowest BCUT2D eigenvalue weighted by molar-refractivity contribution is 0.0845. The van der Waals surface area contributed by atoms with Gasteiger partial charge in [-0.15, -0.1) is 0 Å². The molecule has 158 valence electrons. The molecular weight excluding hydrogens is 388 g/mol. The Balaban J connectivity index is 1.16. The largest absolute Gasteiger partial charge is 0.337 e. The Morgan fingerprint density at radius 1 is 0.935 bits per heavy atom. The van der Waals surface area contributed by atoms with E-state index < -0.39 is 0 Å². The number of benzene rings is 2. The first-order valence-electron chi connectivity index (χ1n) is 10.7. The molecule has 0 spiro atoms. The molecule has 0 bridgehead atoms. The Labute approximate surface area is 181 Å². The third-order valence-electron chi connectivity index (χ3n) is 5.90. The monoisotopic (exact) mass is 414 g/mol. The molecule has 0 aliphatic carbocycles. The van der Waals surface area contributed by atoms with Gasteiger partial charge >= 0.3 is 0 Å². The van der Waals surface area contributed by atoms with E-state index in [1.165, 1.54) is 5.56 Å². The number of nitrogens with zero attached hydrogens (tertiary/aromatic N) is 6. The van der Waals surface area contributed by atoms with E-state index in [9.17, 15) is 0 Å². The summed E-state index contributed by atoms with van der Waals surface area (Å²) < 4.78 is 7.45. The second-order valence-electron chi connectivity index (χ2n) is 7.93. The predicted octanol–water partition coefficient (Wildman–Crippen LogP) is 3.80. The normalized spacial score (nSPS) is 16.4. The van der Waals surface area contributed by atoms with Crippen LogP contribution in [-0.4, -0.2) is 55.9 Å². The van der Waals surface area contributed by atoms with Crippen molar-refractivity contribution in [1.82, 2.24) is 29.7 Å². The minimum atomic E-state index is 0.112. The molecule has 3 heterocycles. The van der Waals surface area contributed by atoms with E-state index in [1.807, 2.05) is 47.3 Å². The maximum atomic E-state index is 5.57. The topological polar surface area (TPSA) is 63.2 Å². The fourth-order valence-electron chi connectivity index (χ4n) is 4.01. The Hall–Kier alpha value is -3.29. The van der Waals surface area contributed by atoms with Crippen LogP contribution in [0.1, 0.15) is 24.4 Å². The van der Waals surface area contributed by atoms with E-state index in [4.69, 9.17) is 4.52 Å². The van der Waals surface area contributed by atoms with E-state index in [1.54, 1.807) is 6.20 Å². The average Bonchev–Trinajstić information content (AvgIpc) is 3.53. The molecule has 0 saturated carbocycles. The Morgan fingerprint density at radius 3 is 2.42 bits per heavy atom. The van der Waals surface area contributed by atoms with Crippen LogP contribution in [0.3, 0.4) is 0 Å². The molecule has 1 aliphatic heterocycles. The molecule has 1 unspecified atom stereocenters. The lowest BCUT2D eigenvalue weighted by atomic mass is 10.1. The molecule has 2 aromatic heterocycles. The number of hydrogen-bond donors (Lipinski definition) is 0. The highest BCUT2D eigenvalue weighted by atomic mass is 16.5. The first-order valence-corrected chi connectivity index (χ1v) is 10.7. The number of hydrogen-bond acceptors (Lipinski definition) is 6. The molecule has 1 aliphatic rings. The number of rotatable bonds is 6. The van der Waals surface area contributed by atoms with Gasteiger partial charge in [-0.3, -0.25) is 9.80 Å². The van der Waals surface area contributed by atoms with Crippen molar-refractivity contribution >= 4 is 0 Å². The summed E-state index contributed by atoms with van der Waals surface area (Å²) in [6.45, 7) is 7.10. The molecule has 31 heavy (non-hydrogen) atoms. The Morgan fingerprint density at radius 2 is 1.71 bits per heavy atom. The summed E-state index contributed by atoms with van der Waals surface area (Å²) in [4.78, 5) is 9.54. The smallest absolute Gasteiger partial charge is 0.244 e. The highest BCUT2D eigenvalue weighted by molar-refractivity contribution is 5.53. The van der Waals surface area contributed by atoms with Crippen LogP contribution in [0.2, 0.25) is 0 Å². The van der Waals surface area contributed by atoms with Crippen molar-refractivity contribution in [2.75, 3.05) is 26.2 Å². The lowest BCUT2D eigenvalue weighted by Crippen LogP contribution is -2.46. The highest BCUT2D eigenvalue weighted by Gasteiger charge is 2.26. The van der Waals surface area contributed by atoms with E-state index in [0.717, 1.165) is 44.0 Å². The molecule has 7 nitrogen and oxygen atoms in total. The summed E-state index contributed by atoms with van der Waals surface area (Å²) in [7, 11) is 0. The van der Waals surface area contributed by atoms with Gasteiger partial charge in [0.05, 0.1) is 11.7 Å². The van der Waals surface area contributed by atoms with Crippen LogP contribution >= 0.6 is 0 Å². The summed E-state index contributed by atoms with van der Waals surface area (Å²) in [5.41, 5.74) is 3.39. The van der Waals surface area contributed by atoms with Gasteiger partial charge in [0, 0.05) is 50.7 Å². The predicted molar refractivity (Wildman–Crippen MR) is 119 cm³/mol. The molecule has 0 amide bonds. The Kier molecular flexibility index (Phi) is 5.60. The van der Waals surface area contributed by atoms with Crippen LogP contribution in [0.25, 0.3) is 17.1 Å². The Bertz CT molecular complexity index is 1080. The molecule has 0 radical (unpaired) electrons. The highest BCUT2D eigenvalue weighted by Crippen LogP contribution is 2.24. The first-order chi connectivity index (χ1) is 15.3. The van der Waals surface area contributed by atoms with Gasteiger partial charge in [-0.25, -0.2) is 4.68 Å². The summed E-state index contributed by atoms with van der Waals surface area (Å²) >= 11 is 0. The fourth-order valence-corrected chi connectivity index (χ4v) is 4.01. The summed E-state index contributed by atoms with van der Waals surface area (Å²) in [5, 5.41) is 8.45. The van der Waals surface area contributed by atoms with Crippen LogP contribution in [0, 0.1) is 0 Å². The van der Waals surface area contributed by atoms with Gasteiger partial charge in [0.1, 0.15) is 0 Å². The van der Waals surface area contributed by atoms with Gasteiger partial charge < -0.3 is 4.52 Å². The molecule has 7 heteroatoms. The standard InChI is InChI=1S/C24H26N6O/c1-19(24-26-23(27-31-24)21-6-3-2-4-7-21)29-16-14-28(15-17-29)18-20-8-10-22(11-9-20)30-13-5-12-25-30/h2-13,19H,14-18H2,1H3. The van der Waals surface area contributed by atoms with Gasteiger partial charge in [0.2, 0.25) is 11.7 Å². The van der Waals surface area contributed by atoms with Gasteiger partial charge in [-0.1, -0.05) is 47.6 Å². The van der Waals surface area contributed by atoms with Crippen molar-refractivity contribution in [2.45, 2.75) is 19.5 Å². The van der Waals surface area contributed by atoms with Gasteiger partial charge in [-0.05, 0) is 30.7 Å². The molecule has 0 N–H and O–H groups in total. The van der Waals surface area contributed by atoms with E-state index in [0.29, 0.717) is 11.7 Å². The zero-order chi connectivity index (χ0) is 21.0. The van der Waals surface area contributed by atoms with Gasteiger partial charge in [0.15, 0.2) is 0 Å². The summed E-state index contributed by atoms with van der Waals surface area (Å²) in [6, 6.07) is 20.6. The quantitative estimate of drug-likeness (QED) is 0.478. The van der Waals surface area contributed by atoms with Crippen LogP contribution in [0.5, 0.6) is 0 Å². The lowest BCUT2D eigenvalue weighted by Gasteiger charge is -2.36. The molecular formula is C24H26N6O. The van der Waals surface area contributed by atoms with Crippen LogP contribution in [0.15, 0.2) is 77.6 Å². The van der Waals surface area contributed by atoms with Crippen molar-refractivity contribution < 1.29 is 4.52 Å². The van der Waals surface area contributed by atoms with Crippen LogP contribution in [0.4, 0.5) is 0 Å². The third-order valence-corrected chi connectivity index (χ3v) is 5.90. The molecule has 1 saturated heterocycles. The number of aromatic nitrogens is 4. The van der Waals surface area contributed by atoms with Crippen molar-refractivity contribution in [2.24, 2.45) is 0 Å². The van der Waals surface area contributed by atoms with E-state index >= 15 is 0 Å². The molecule has 1 atom stereocenters. The van der Waals surface area contributed by atoms with Crippen LogP contribution in [-0.2, 0) is 6.54 Å². The second kappa shape index (κ2) is 8.83. The van der Waals surface area contributed by atoms with Gasteiger partial charge in [-0.2, -0.15) is 10.1 Å². The van der Waals surface area contributed by atoms with E-state index in [2.05, 4.69) is 56.2 Å². The maximum Gasteiger partial charge on any atom is 0.244 e. The minimum Gasteiger partial charge on any atom is -0.337 e. The average molecular weight is 415 g/mol. The van der Waals surface area contributed by atoms with Gasteiger partial charge in [0.25, 0.3) is 0 Å². The summed E-state index contributed by atoms with van der Waals surface area (Å²) in [5.74, 6) is 1.33. The minimum absolute atomic E-state index is 0.112. The maximum absolute atomic E-state index is 5.57. The molecule has 4 aromatic rings. The SMILES string of the molecule is CC(c1nc(-c2ccccc2)no1)N1CCN(Cc2ccc(-n3cccn3)cc2)CC1. The molecule has 2 aromatic carbocycles. The summed E-state index contributed by atoms with van der Waals surface area (Å²) in [6.07, 6.45) is 3.76. The first kappa shape index (κ1) is 19.7. The van der Waals surface area contributed by atoms with Crippen molar-refractivity contribution in [3.63, 3.8) is 0 Å². The van der Waals surface area contributed by atoms with Crippen molar-refractivity contribution in [3.8, 4) is 17.1 Å². The fraction of sp³-hybridized carbons (Fsp3) is 0.292. The third kappa shape index (κ3) is 4.42. The van der Waals surface area contributed by atoms with Crippen molar-refractivity contribution in [3.05, 3.63) is 84.5 Å². The molecule has 1 fully saturated rings. The number of piperazine rings is 1. The zero-order valence-electron chi connectivity index (χ0n) is 17.6. The molecule has 5 rings (SSSR count).